The molecule has 0 fully saturated rings. The summed E-state index contributed by atoms with van der Waals surface area (Å²) in [5, 5.41) is 0. The number of aryl methyl sites for hydroxylation is 3. The van der Waals surface area contributed by atoms with Crippen LogP contribution >= 0.6 is 0 Å². The van der Waals surface area contributed by atoms with Gasteiger partial charge in [0.15, 0.2) is 5.75 Å². The van der Waals surface area contributed by atoms with Crippen molar-refractivity contribution in [1.29, 1.82) is 0 Å². The van der Waals surface area contributed by atoms with Crippen LogP contribution < -0.4 is 10.5 Å². The molecular formula is C16H17N3O. The molecule has 0 aliphatic rings. The zero-order chi connectivity index (χ0) is 14.3. The molecule has 0 unspecified atom stereocenters. The summed E-state index contributed by atoms with van der Waals surface area (Å²) in [4.78, 5) is 4.38. The highest BCUT2D eigenvalue weighted by atomic mass is 16.5. The summed E-state index contributed by atoms with van der Waals surface area (Å²) >= 11 is 0. The van der Waals surface area contributed by atoms with E-state index in [-0.39, 0.29) is 0 Å². The van der Waals surface area contributed by atoms with Crippen LogP contribution in [0.1, 0.15) is 11.1 Å². The Labute approximate surface area is 117 Å². The number of fused-ring (bicyclic) bond motifs is 1. The van der Waals surface area contributed by atoms with Crippen molar-refractivity contribution in [3.63, 3.8) is 0 Å². The van der Waals surface area contributed by atoms with E-state index < -0.39 is 0 Å². The highest BCUT2D eigenvalue weighted by Crippen LogP contribution is 2.33. The van der Waals surface area contributed by atoms with Crippen LogP contribution in [0.25, 0.3) is 11.0 Å². The van der Waals surface area contributed by atoms with Gasteiger partial charge >= 0.3 is 0 Å². The summed E-state index contributed by atoms with van der Waals surface area (Å²) in [5.41, 5.74) is 9.83. The van der Waals surface area contributed by atoms with Crippen LogP contribution in [-0.4, -0.2) is 9.55 Å². The van der Waals surface area contributed by atoms with Gasteiger partial charge < -0.3 is 15.0 Å². The van der Waals surface area contributed by atoms with Gasteiger partial charge in [-0.1, -0.05) is 24.3 Å². The third-order valence-corrected chi connectivity index (χ3v) is 3.53. The molecule has 2 aromatic carbocycles. The molecule has 2 N–H and O–H groups in total. The topological polar surface area (TPSA) is 53.1 Å². The van der Waals surface area contributed by atoms with Crippen LogP contribution in [0.5, 0.6) is 11.5 Å². The van der Waals surface area contributed by atoms with E-state index in [2.05, 4.69) is 4.98 Å². The quantitative estimate of drug-likeness (QED) is 0.772. The van der Waals surface area contributed by atoms with Crippen LogP contribution in [-0.2, 0) is 7.05 Å². The molecule has 4 nitrogen and oxygen atoms in total. The number of nitrogens with zero attached hydrogens (tertiary/aromatic N) is 2. The number of aromatic nitrogens is 2. The Morgan fingerprint density at radius 3 is 2.40 bits per heavy atom. The van der Waals surface area contributed by atoms with Crippen molar-refractivity contribution in [2.45, 2.75) is 13.8 Å². The van der Waals surface area contributed by atoms with Crippen LogP contribution in [0.3, 0.4) is 0 Å². The number of hydrogen-bond acceptors (Lipinski definition) is 3. The zero-order valence-corrected chi connectivity index (χ0v) is 11.8. The van der Waals surface area contributed by atoms with E-state index in [0.29, 0.717) is 5.95 Å². The number of nitrogen functional groups attached to an aromatic ring is 1. The van der Waals surface area contributed by atoms with Crippen molar-refractivity contribution in [2.24, 2.45) is 7.05 Å². The predicted octanol–water partition coefficient (Wildman–Crippen LogP) is 3.56. The van der Waals surface area contributed by atoms with E-state index >= 15 is 0 Å². The Hall–Kier alpha value is -2.49. The molecule has 102 valence electrons. The first-order valence-corrected chi connectivity index (χ1v) is 6.53. The van der Waals surface area contributed by atoms with E-state index in [0.717, 1.165) is 33.7 Å². The molecule has 0 aliphatic heterocycles. The SMILES string of the molecule is Cc1cccc(C)c1Oc1cccc2c1nc(N)n2C. The molecule has 20 heavy (non-hydrogen) atoms. The molecular weight excluding hydrogens is 250 g/mol. The van der Waals surface area contributed by atoms with Crippen molar-refractivity contribution in [1.82, 2.24) is 9.55 Å². The molecule has 1 aromatic heterocycles. The maximum Gasteiger partial charge on any atom is 0.201 e. The minimum absolute atomic E-state index is 0.484. The summed E-state index contributed by atoms with van der Waals surface area (Å²) in [6.07, 6.45) is 0. The van der Waals surface area contributed by atoms with E-state index in [1.54, 1.807) is 0 Å². The highest BCUT2D eigenvalue weighted by molar-refractivity contribution is 5.84. The third kappa shape index (κ3) is 1.90. The number of rotatable bonds is 2. The highest BCUT2D eigenvalue weighted by Gasteiger charge is 2.12. The van der Waals surface area contributed by atoms with Crippen molar-refractivity contribution in [3.05, 3.63) is 47.5 Å². The van der Waals surface area contributed by atoms with Crippen molar-refractivity contribution < 1.29 is 4.74 Å². The minimum Gasteiger partial charge on any atom is -0.454 e. The normalized spacial score (nSPS) is 10.9. The first-order chi connectivity index (χ1) is 9.58. The molecule has 3 aromatic rings. The monoisotopic (exact) mass is 267 g/mol. The van der Waals surface area contributed by atoms with Gasteiger partial charge in [0, 0.05) is 7.05 Å². The summed E-state index contributed by atoms with van der Waals surface area (Å²) < 4.78 is 7.94. The van der Waals surface area contributed by atoms with Crippen LogP contribution in [0.2, 0.25) is 0 Å². The molecule has 0 spiro atoms. The van der Waals surface area contributed by atoms with Gasteiger partial charge in [0.1, 0.15) is 11.3 Å². The second-order valence-electron chi connectivity index (χ2n) is 4.98. The van der Waals surface area contributed by atoms with Gasteiger partial charge in [-0.25, -0.2) is 4.98 Å². The van der Waals surface area contributed by atoms with E-state index in [9.17, 15) is 0 Å². The molecule has 0 saturated carbocycles. The molecule has 0 saturated heterocycles. The molecule has 0 aliphatic carbocycles. The van der Waals surface area contributed by atoms with Crippen LogP contribution in [0, 0.1) is 13.8 Å². The van der Waals surface area contributed by atoms with Crippen LogP contribution in [0.4, 0.5) is 5.95 Å². The van der Waals surface area contributed by atoms with Gasteiger partial charge in [-0.3, -0.25) is 0 Å². The summed E-state index contributed by atoms with van der Waals surface area (Å²) in [6.45, 7) is 4.07. The lowest BCUT2D eigenvalue weighted by Gasteiger charge is -2.11. The Balaban J connectivity index is 2.14. The predicted molar refractivity (Wildman–Crippen MR) is 81.1 cm³/mol. The Morgan fingerprint density at radius 1 is 1.05 bits per heavy atom. The maximum absolute atomic E-state index is 6.09. The number of anilines is 1. The number of ether oxygens (including phenoxy) is 1. The summed E-state index contributed by atoms with van der Waals surface area (Å²) in [7, 11) is 1.90. The maximum atomic E-state index is 6.09. The van der Waals surface area contributed by atoms with Gasteiger partial charge in [0.2, 0.25) is 5.95 Å². The molecule has 0 bridgehead atoms. The van der Waals surface area contributed by atoms with Crippen molar-refractivity contribution in [3.8, 4) is 11.5 Å². The molecule has 0 atom stereocenters. The Bertz CT molecular complexity index is 770. The number of imidazole rings is 1. The fourth-order valence-corrected chi connectivity index (χ4v) is 2.36. The average molecular weight is 267 g/mol. The summed E-state index contributed by atoms with van der Waals surface area (Å²) in [5.74, 6) is 2.09. The zero-order valence-electron chi connectivity index (χ0n) is 11.8. The number of para-hydroxylation sites is 2. The average Bonchev–Trinajstić information content (AvgIpc) is 2.71. The fourth-order valence-electron chi connectivity index (χ4n) is 2.36. The first kappa shape index (κ1) is 12.5. The van der Waals surface area contributed by atoms with Gasteiger partial charge in [-0.15, -0.1) is 0 Å². The Kier molecular flexibility index (Phi) is 2.86. The number of nitrogens with two attached hydrogens (primary N) is 1. The standard InChI is InChI=1S/C16H17N3O/c1-10-6-4-7-11(2)15(10)20-13-9-5-8-12-14(13)18-16(17)19(12)3/h4-9H,1-3H3,(H2,17,18). The van der Waals surface area contributed by atoms with Gasteiger partial charge in [0.25, 0.3) is 0 Å². The Morgan fingerprint density at radius 2 is 1.70 bits per heavy atom. The second-order valence-corrected chi connectivity index (χ2v) is 4.98. The molecule has 3 rings (SSSR count). The molecule has 0 radical (unpaired) electrons. The lowest BCUT2D eigenvalue weighted by Crippen LogP contribution is -1.95. The van der Waals surface area contributed by atoms with Gasteiger partial charge in [-0.05, 0) is 37.1 Å². The largest absolute Gasteiger partial charge is 0.454 e. The summed E-state index contributed by atoms with van der Waals surface area (Å²) in [6, 6.07) is 11.9. The first-order valence-electron chi connectivity index (χ1n) is 6.53. The lowest BCUT2D eigenvalue weighted by molar-refractivity contribution is 0.479. The van der Waals surface area contributed by atoms with Crippen LogP contribution in [0.15, 0.2) is 36.4 Å². The molecule has 4 heteroatoms. The number of hydrogen-bond donors (Lipinski definition) is 1. The fraction of sp³-hybridized carbons (Fsp3) is 0.188. The minimum atomic E-state index is 0.484. The molecule has 0 amide bonds. The van der Waals surface area contributed by atoms with Crippen molar-refractivity contribution >= 4 is 17.0 Å². The van der Waals surface area contributed by atoms with Crippen molar-refractivity contribution in [2.75, 3.05) is 5.73 Å². The number of benzene rings is 2. The van der Waals surface area contributed by atoms with E-state index in [1.165, 1.54) is 0 Å². The van der Waals surface area contributed by atoms with E-state index in [1.807, 2.05) is 61.9 Å². The smallest absolute Gasteiger partial charge is 0.201 e. The van der Waals surface area contributed by atoms with Gasteiger partial charge in [0.05, 0.1) is 5.52 Å². The lowest BCUT2D eigenvalue weighted by atomic mass is 10.1. The third-order valence-electron chi connectivity index (χ3n) is 3.53. The van der Waals surface area contributed by atoms with E-state index in [4.69, 9.17) is 10.5 Å². The van der Waals surface area contributed by atoms with Gasteiger partial charge in [-0.2, -0.15) is 0 Å². The molecule has 1 heterocycles. The second kappa shape index (κ2) is 4.56.